The maximum absolute atomic E-state index is 11.0. The largest absolute Gasteiger partial charge is 0.394 e. The van der Waals surface area contributed by atoms with E-state index in [1.54, 1.807) is 0 Å². The van der Waals surface area contributed by atoms with Crippen molar-refractivity contribution in [2.45, 2.75) is 123 Å². The molecule has 0 saturated carbocycles. The van der Waals surface area contributed by atoms with E-state index in [4.69, 9.17) is 28.4 Å². The summed E-state index contributed by atoms with van der Waals surface area (Å²) in [6.07, 6.45) is -26.0. The Morgan fingerprint density at radius 2 is 1.20 bits per heavy atom. The zero-order valence-corrected chi connectivity index (χ0v) is 24.5. The summed E-state index contributed by atoms with van der Waals surface area (Å²) in [5.41, 5.74) is 0.279. The predicted molar refractivity (Wildman–Crippen MR) is 143 cm³/mol. The van der Waals surface area contributed by atoms with E-state index in [0.29, 0.717) is 0 Å². The first kappa shape index (κ1) is 36.8. The average Bonchev–Trinajstić information content (AvgIpc) is 3.02. The maximum atomic E-state index is 11.0. The third-order valence-electron chi connectivity index (χ3n) is 8.60. The highest BCUT2D eigenvalue weighted by Gasteiger charge is 2.53. The molecule has 3 fully saturated rings. The Bertz CT molecular complexity index is 974. The van der Waals surface area contributed by atoms with E-state index >= 15 is 0 Å². The summed E-state index contributed by atoms with van der Waals surface area (Å²) in [4.78, 5) is 0. The number of aliphatic hydroxyl groups is 12. The molecule has 4 rings (SSSR count). The van der Waals surface area contributed by atoms with Crippen LogP contribution in [-0.2, 0) is 28.4 Å². The van der Waals surface area contributed by atoms with Gasteiger partial charge in [0, 0.05) is 7.11 Å². The highest BCUT2D eigenvalue weighted by Crippen LogP contribution is 2.32. The summed E-state index contributed by atoms with van der Waals surface area (Å²) in [6.45, 7) is -0.136. The lowest BCUT2D eigenvalue weighted by atomic mass is 9.86. The van der Waals surface area contributed by atoms with Crippen molar-refractivity contribution in [1.82, 2.24) is 5.32 Å². The van der Waals surface area contributed by atoms with Gasteiger partial charge >= 0.3 is 0 Å². The van der Waals surface area contributed by atoms with E-state index in [2.05, 4.69) is 5.32 Å². The molecular formula is C26H45NO18. The molecule has 4 aliphatic rings. The standard InChI is InChI=1S/C26H45NO18/c1-7-12(27-9-3-8(6-40-2)13(30)16(33)14(9)31)15(32)20(37)25(41-7)44-23-11(5-29)43-26(21(38)18(23)35)45-22-10(4-28)42-24(39)19(36)17(22)34/h3,7,9-39H,4-6H2,1-2H3/t7?,9-,10?,11?,12+,13+,14-,15-,16-,17+,18+,19?,20?,21?,22+,23+,24?,25+,26+/m0/s1. The second-order valence-corrected chi connectivity index (χ2v) is 11.6. The normalized spacial score (nSPS) is 51.2. The van der Waals surface area contributed by atoms with Gasteiger partial charge in [0.15, 0.2) is 18.9 Å². The molecule has 45 heavy (non-hydrogen) atoms. The first-order valence-corrected chi connectivity index (χ1v) is 14.5. The van der Waals surface area contributed by atoms with Crippen molar-refractivity contribution in [2.24, 2.45) is 0 Å². The third kappa shape index (κ3) is 7.52. The van der Waals surface area contributed by atoms with Crippen LogP contribution in [-0.4, -0.2) is 205 Å². The minimum absolute atomic E-state index is 0.0430. The SMILES string of the molecule is COCC1=C[C@H](N[C@@H]2C(C)O[C@H](O[C@@H]3C(CO)O[C@H](O[C@@H]4C(CO)OC(O)C(O)[C@H]4O)C(O)[C@H]3O)C(O)[C@H]2O)[C@H](O)[C@@H](O)[C@@H]1O. The van der Waals surface area contributed by atoms with Gasteiger partial charge in [-0.25, -0.2) is 0 Å². The monoisotopic (exact) mass is 659 g/mol. The lowest BCUT2D eigenvalue weighted by molar-refractivity contribution is -0.373. The topological polar surface area (TPSA) is 310 Å². The van der Waals surface area contributed by atoms with Gasteiger partial charge in [0.1, 0.15) is 79.4 Å². The maximum Gasteiger partial charge on any atom is 0.187 e. The van der Waals surface area contributed by atoms with E-state index in [1.807, 2.05) is 0 Å². The van der Waals surface area contributed by atoms with Gasteiger partial charge in [-0.3, -0.25) is 0 Å². The lowest BCUT2D eigenvalue weighted by Crippen LogP contribution is -2.68. The molecule has 0 amide bonds. The van der Waals surface area contributed by atoms with Crippen molar-refractivity contribution < 1.29 is 89.7 Å². The Morgan fingerprint density at radius 3 is 1.78 bits per heavy atom. The summed E-state index contributed by atoms with van der Waals surface area (Å²) in [5, 5.41) is 127. The van der Waals surface area contributed by atoms with Crippen molar-refractivity contribution in [2.75, 3.05) is 26.9 Å². The van der Waals surface area contributed by atoms with Crippen molar-refractivity contribution in [3.63, 3.8) is 0 Å². The van der Waals surface area contributed by atoms with Crippen molar-refractivity contribution >= 4 is 0 Å². The molecule has 3 heterocycles. The fourth-order valence-electron chi connectivity index (χ4n) is 5.97. The van der Waals surface area contributed by atoms with E-state index < -0.39 is 130 Å². The summed E-state index contributed by atoms with van der Waals surface area (Å²) in [5.74, 6) is 0. The Hall–Kier alpha value is -1.02. The third-order valence-corrected chi connectivity index (χ3v) is 8.60. The zero-order chi connectivity index (χ0) is 33.3. The van der Waals surface area contributed by atoms with Crippen LogP contribution in [0.2, 0.25) is 0 Å². The number of methoxy groups -OCH3 is 1. The minimum Gasteiger partial charge on any atom is -0.394 e. The minimum atomic E-state index is -1.92. The number of ether oxygens (including phenoxy) is 6. The summed E-state index contributed by atoms with van der Waals surface area (Å²) in [7, 11) is 1.38. The Morgan fingerprint density at radius 1 is 0.667 bits per heavy atom. The van der Waals surface area contributed by atoms with Gasteiger partial charge < -0.3 is 95.0 Å². The summed E-state index contributed by atoms with van der Waals surface area (Å²) < 4.78 is 32.5. The second-order valence-electron chi connectivity index (χ2n) is 11.6. The fraction of sp³-hybridized carbons (Fsp3) is 0.923. The number of hydrogen-bond donors (Lipinski definition) is 13. The summed E-state index contributed by atoms with van der Waals surface area (Å²) in [6, 6.07) is -2.05. The van der Waals surface area contributed by atoms with Crippen LogP contribution < -0.4 is 5.32 Å². The molecule has 0 radical (unpaired) electrons. The molecule has 0 spiro atoms. The molecule has 19 nitrogen and oxygen atoms in total. The Balaban J connectivity index is 1.42. The molecule has 3 saturated heterocycles. The van der Waals surface area contributed by atoms with E-state index in [0.717, 1.165) is 0 Å². The molecule has 7 unspecified atom stereocenters. The molecule has 0 aromatic rings. The second kappa shape index (κ2) is 15.5. The highest BCUT2D eigenvalue weighted by atomic mass is 16.7. The van der Waals surface area contributed by atoms with Crippen LogP contribution >= 0.6 is 0 Å². The van der Waals surface area contributed by atoms with Crippen LogP contribution in [0.15, 0.2) is 11.6 Å². The van der Waals surface area contributed by atoms with Gasteiger partial charge in [-0.2, -0.15) is 0 Å². The van der Waals surface area contributed by atoms with Crippen LogP contribution in [0.5, 0.6) is 0 Å². The van der Waals surface area contributed by atoms with Crippen molar-refractivity contribution in [1.29, 1.82) is 0 Å². The number of rotatable bonds is 10. The van der Waals surface area contributed by atoms with Crippen LogP contribution in [0.25, 0.3) is 0 Å². The predicted octanol–water partition coefficient (Wildman–Crippen LogP) is -7.91. The Kier molecular flexibility index (Phi) is 12.7. The highest BCUT2D eigenvalue weighted by molar-refractivity contribution is 5.22. The van der Waals surface area contributed by atoms with Crippen LogP contribution in [0.4, 0.5) is 0 Å². The van der Waals surface area contributed by atoms with Gasteiger partial charge in [0.05, 0.1) is 38.0 Å². The molecule has 0 aromatic carbocycles. The lowest BCUT2D eigenvalue weighted by Gasteiger charge is -2.48. The number of aliphatic hydroxyl groups excluding tert-OH is 12. The van der Waals surface area contributed by atoms with Crippen LogP contribution in [0.3, 0.4) is 0 Å². The van der Waals surface area contributed by atoms with E-state index in [1.165, 1.54) is 20.1 Å². The van der Waals surface area contributed by atoms with Crippen LogP contribution in [0.1, 0.15) is 6.92 Å². The van der Waals surface area contributed by atoms with Crippen molar-refractivity contribution in [3.8, 4) is 0 Å². The molecule has 3 aliphatic heterocycles. The average molecular weight is 660 g/mol. The van der Waals surface area contributed by atoms with Crippen LogP contribution in [0, 0.1) is 0 Å². The van der Waals surface area contributed by atoms with E-state index in [9.17, 15) is 61.3 Å². The number of hydrogen-bond acceptors (Lipinski definition) is 19. The van der Waals surface area contributed by atoms with Gasteiger partial charge in [-0.05, 0) is 12.5 Å². The van der Waals surface area contributed by atoms with Gasteiger partial charge in [0.2, 0.25) is 0 Å². The molecule has 19 atom stereocenters. The van der Waals surface area contributed by atoms with Crippen molar-refractivity contribution in [3.05, 3.63) is 11.6 Å². The quantitative estimate of drug-likeness (QED) is 0.0968. The molecular weight excluding hydrogens is 614 g/mol. The van der Waals surface area contributed by atoms with Gasteiger partial charge in [0.25, 0.3) is 0 Å². The smallest absolute Gasteiger partial charge is 0.187 e. The Labute approximate surface area is 257 Å². The van der Waals surface area contributed by atoms with Gasteiger partial charge in [-0.1, -0.05) is 6.08 Å². The first-order chi connectivity index (χ1) is 21.2. The molecule has 19 heteroatoms. The summed E-state index contributed by atoms with van der Waals surface area (Å²) >= 11 is 0. The fourth-order valence-corrected chi connectivity index (χ4v) is 5.97. The number of nitrogens with one attached hydrogen (secondary N) is 1. The molecule has 0 aromatic heterocycles. The van der Waals surface area contributed by atoms with E-state index in [-0.39, 0.29) is 12.2 Å². The molecule has 0 bridgehead atoms. The molecule has 1 aliphatic carbocycles. The zero-order valence-electron chi connectivity index (χ0n) is 24.5. The molecule has 13 N–H and O–H groups in total. The molecule has 262 valence electrons. The van der Waals surface area contributed by atoms with Gasteiger partial charge in [-0.15, -0.1) is 0 Å². The first-order valence-electron chi connectivity index (χ1n) is 14.5.